The number of aliphatic carboxylic acids is 1. The lowest BCUT2D eigenvalue weighted by Crippen LogP contribution is -2.31. The molecule has 0 spiro atoms. The van der Waals surface area contributed by atoms with Gasteiger partial charge in [-0.05, 0) is 12.3 Å². The molecule has 0 amide bonds. The summed E-state index contributed by atoms with van der Waals surface area (Å²) in [4.78, 5) is 10.3. The number of carboxylic acid groups (broad SMARTS) is 1. The molecule has 11 heavy (non-hydrogen) atoms. The molecule has 2 atom stereocenters. The third-order valence-corrected chi connectivity index (χ3v) is 1.75. The minimum Gasteiger partial charge on any atom is -0.480 e. The standard InChI is InChI=1S/C8H17NO2/c1-3-4-6(2)5-7(9)8(10)11/h6-7H,3-5,9H2,1-2H3,(H,10,11)/t6-,7+/m1/s1. The van der Waals surface area contributed by atoms with Crippen molar-refractivity contribution in [2.45, 2.75) is 39.2 Å². The first-order chi connectivity index (χ1) is 5.07. The largest absolute Gasteiger partial charge is 0.480 e. The van der Waals surface area contributed by atoms with Crippen LogP contribution in [-0.2, 0) is 4.79 Å². The Morgan fingerprint density at radius 2 is 2.18 bits per heavy atom. The fraction of sp³-hybridized carbons (Fsp3) is 0.875. The summed E-state index contributed by atoms with van der Waals surface area (Å²) in [7, 11) is 0. The molecule has 0 unspecified atom stereocenters. The number of rotatable bonds is 5. The second-order valence-corrected chi connectivity index (χ2v) is 3.07. The van der Waals surface area contributed by atoms with E-state index in [1.807, 2.05) is 6.92 Å². The molecule has 0 aliphatic heterocycles. The molecule has 0 fully saturated rings. The molecule has 3 nitrogen and oxygen atoms in total. The maximum atomic E-state index is 10.3. The Kier molecular flexibility index (Phi) is 4.86. The SMILES string of the molecule is CCC[C@@H](C)C[C@H](N)C(=O)O. The minimum atomic E-state index is -0.895. The summed E-state index contributed by atoms with van der Waals surface area (Å²) < 4.78 is 0. The lowest BCUT2D eigenvalue weighted by Gasteiger charge is -2.12. The van der Waals surface area contributed by atoms with Gasteiger partial charge in [0.25, 0.3) is 0 Å². The summed E-state index contributed by atoms with van der Waals surface area (Å²) in [6.07, 6.45) is 2.73. The zero-order chi connectivity index (χ0) is 8.85. The molecule has 0 bridgehead atoms. The summed E-state index contributed by atoms with van der Waals surface area (Å²) in [5, 5.41) is 8.47. The second-order valence-electron chi connectivity index (χ2n) is 3.07. The van der Waals surface area contributed by atoms with Crippen molar-refractivity contribution in [2.24, 2.45) is 11.7 Å². The minimum absolute atomic E-state index is 0.422. The Balaban J connectivity index is 3.56. The van der Waals surface area contributed by atoms with Crippen molar-refractivity contribution in [3.63, 3.8) is 0 Å². The Morgan fingerprint density at radius 3 is 2.55 bits per heavy atom. The highest BCUT2D eigenvalue weighted by atomic mass is 16.4. The van der Waals surface area contributed by atoms with E-state index >= 15 is 0 Å². The Morgan fingerprint density at radius 1 is 1.64 bits per heavy atom. The summed E-state index contributed by atoms with van der Waals surface area (Å²) in [6.45, 7) is 4.12. The van der Waals surface area contributed by atoms with Gasteiger partial charge in [-0.3, -0.25) is 4.79 Å². The molecule has 0 aliphatic carbocycles. The first-order valence-electron chi connectivity index (χ1n) is 4.06. The van der Waals surface area contributed by atoms with Crippen LogP contribution in [-0.4, -0.2) is 17.1 Å². The van der Waals surface area contributed by atoms with Gasteiger partial charge in [0.2, 0.25) is 0 Å². The highest BCUT2D eigenvalue weighted by Gasteiger charge is 2.14. The smallest absolute Gasteiger partial charge is 0.320 e. The van der Waals surface area contributed by atoms with Gasteiger partial charge in [-0.25, -0.2) is 0 Å². The molecule has 0 aromatic carbocycles. The lowest BCUT2D eigenvalue weighted by atomic mass is 9.98. The van der Waals surface area contributed by atoms with E-state index in [2.05, 4.69) is 6.92 Å². The number of hydrogen-bond acceptors (Lipinski definition) is 2. The molecule has 0 aromatic heterocycles. The second kappa shape index (κ2) is 5.13. The predicted molar refractivity (Wildman–Crippen MR) is 44.3 cm³/mol. The van der Waals surface area contributed by atoms with Gasteiger partial charge >= 0.3 is 5.97 Å². The predicted octanol–water partition coefficient (Wildman–Crippen LogP) is 1.22. The van der Waals surface area contributed by atoms with Crippen LogP contribution in [0.4, 0.5) is 0 Å². The molecule has 0 heterocycles. The summed E-state index contributed by atoms with van der Waals surface area (Å²) in [5.74, 6) is -0.473. The zero-order valence-electron chi connectivity index (χ0n) is 7.21. The van der Waals surface area contributed by atoms with E-state index < -0.39 is 12.0 Å². The van der Waals surface area contributed by atoms with Crippen molar-refractivity contribution in [3.05, 3.63) is 0 Å². The Bertz CT molecular complexity index is 125. The number of hydrogen-bond donors (Lipinski definition) is 2. The summed E-state index contributed by atoms with van der Waals surface area (Å²) >= 11 is 0. The van der Waals surface area contributed by atoms with Gasteiger partial charge in [0.1, 0.15) is 6.04 Å². The third-order valence-electron chi connectivity index (χ3n) is 1.75. The van der Waals surface area contributed by atoms with Gasteiger partial charge in [-0.2, -0.15) is 0 Å². The molecule has 0 aromatic rings. The van der Waals surface area contributed by atoms with Gasteiger partial charge in [0, 0.05) is 0 Å². The van der Waals surface area contributed by atoms with E-state index in [0.29, 0.717) is 12.3 Å². The molecule has 0 saturated carbocycles. The topological polar surface area (TPSA) is 63.3 Å². The molecule has 0 radical (unpaired) electrons. The van der Waals surface area contributed by atoms with Crippen molar-refractivity contribution < 1.29 is 9.90 Å². The van der Waals surface area contributed by atoms with E-state index in [-0.39, 0.29) is 0 Å². The highest BCUT2D eigenvalue weighted by Crippen LogP contribution is 2.11. The van der Waals surface area contributed by atoms with E-state index in [4.69, 9.17) is 10.8 Å². The molecule has 66 valence electrons. The van der Waals surface area contributed by atoms with Crippen LogP contribution >= 0.6 is 0 Å². The van der Waals surface area contributed by atoms with Crippen molar-refractivity contribution in [2.75, 3.05) is 0 Å². The Hall–Kier alpha value is -0.570. The fourth-order valence-corrected chi connectivity index (χ4v) is 1.14. The van der Waals surface area contributed by atoms with Crippen LogP contribution in [0.25, 0.3) is 0 Å². The van der Waals surface area contributed by atoms with E-state index in [0.717, 1.165) is 12.8 Å². The molecule has 3 N–H and O–H groups in total. The molecular formula is C8H17NO2. The van der Waals surface area contributed by atoms with Gasteiger partial charge in [-0.15, -0.1) is 0 Å². The maximum Gasteiger partial charge on any atom is 0.320 e. The van der Waals surface area contributed by atoms with E-state index in [9.17, 15) is 4.79 Å². The maximum absolute atomic E-state index is 10.3. The normalized spacial score (nSPS) is 15.9. The lowest BCUT2D eigenvalue weighted by molar-refractivity contribution is -0.138. The average Bonchev–Trinajstić information content (AvgIpc) is 1.87. The van der Waals surface area contributed by atoms with Gasteiger partial charge < -0.3 is 10.8 Å². The van der Waals surface area contributed by atoms with Gasteiger partial charge in [0.15, 0.2) is 0 Å². The quantitative estimate of drug-likeness (QED) is 0.634. The van der Waals surface area contributed by atoms with Crippen LogP contribution < -0.4 is 5.73 Å². The monoisotopic (exact) mass is 159 g/mol. The first-order valence-corrected chi connectivity index (χ1v) is 4.06. The van der Waals surface area contributed by atoms with Crippen molar-refractivity contribution in [3.8, 4) is 0 Å². The van der Waals surface area contributed by atoms with Crippen LogP contribution in [0.15, 0.2) is 0 Å². The Labute approximate surface area is 67.6 Å². The van der Waals surface area contributed by atoms with Crippen LogP contribution in [0, 0.1) is 5.92 Å². The number of carbonyl (C=O) groups is 1. The molecular weight excluding hydrogens is 142 g/mol. The van der Waals surface area contributed by atoms with Crippen molar-refractivity contribution >= 4 is 5.97 Å². The van der Waals surface area contributed by atoms with Crippen LogP contribution in [0.5, 0.6) is 0 Å². The fourth-order valence-electron chi connectivity index (χ4n) is 1.14. The number of nitrogens with two attached hydrogens (primary N) is 1. The van der Waals surface area contributed by atoms with Crippen molar-refractivity contribution in [1.82, 2.24) is 0 Å². The van der Waals surface area contributed by atoms with Gasteiger partial charge in [-0.1, -0.05) is 26.7 Å². The first kappa shape index (κ1) is 10.4. The number of carboxylic acids is 1. The van der Waals surface area contributed by atoms with Crippen LogP contribution in [0.3, 0.4) is 0 Å². The van der Waals surface area contributed by atoms with E-state index in [1.54, 1.807) is 0 Å². The van der Waals surface area contributed by atoms with E-state index in [1.165, 1.54) is 0 Å². The molecule has 3 heteroatoms. The summed E-state index contributed by atoms with van der Waals surface area (Å²) in [6, 6.07) is -0.684. The van der Waals surface area contributed by atoms with Gasteiger partial charge in [0.05, 0.1) is 0 Å². The average molecular weight is 159 g/mol. The van der Waals surface area contributed by atoms with Crippen LogP contribution in [0.1, 0.15) is 33.1 Å². The van der Waals surface area contributed by atoms with Crippen LogP contribution in [0.2, 0.25) is 0 Å². The molecule has 0 saturated heterocycles. The molecule has 0 aliphatic rings. The summed E-state index contributed by atoms with van der Waals surface area (Å²) in [5.41, 5.74) is 5.35. The zero-order valence-corrected chi connectivity index (χ0v) is 7.21. The highest BCUT2D eigenvalue weighted by molar-refractivity contribution is 5.72. The third kappa shape index (κ3) is 4.79. The molecule has 0 rings (SSSR count). The van der Waals surface area contributed by atoms with Crippen molar-refractivity contribution in [1.29, 1.82) is 0 Å².